The van der Waals surface area contributed by atoms with Crippen LogP contribution in [0.5, 0.6) is 0 Å². The number of halogens is 1. The molecule has 1 aromatic heterocycles. The van der Waals surface area contributed by atoms with Crippen molar-refractivity contribution < 1.29 is 24.3 Å². The molecule has 0 spiro atoms. The van der Waals surface area contributed by atoms with Gasteiger partial charge >= 0.3 is 5.97 Å². The number of carbonyl (C=O) groups is 4. The van der Waals surface area contributed by atoms with E-state index in [1.165, 1.54) is 16.7 Å². The van der Waals surface area contributed by atoms with Crippen LogP contribution in [0.1, 0.15) is 42.3 Å². The molecule has 5 rings (SSSR count). The van der Waals surface area contributed by atoms with Gasteiger partial charge in [0.05, 0.1) is 16.6 Å². The molecule has 8 heteroatoms. The monoisotopic (exact) mass is 486 g/mol. The largest absolute Gasteiger partial charge is 0.480 e. The summed E-state index contributed by atoms with van der Waals surface area (Å²) in [7, 11) is 0. The highest BCUT2D eigenvalue weighted by Gasteiger charge is 2.43. The van der Waals surface area contributed by atoms with Crippen LogP contribution >= 0.6 is 11.6 Å². The van der Waals surface area contributed by atoms with Gasteiger partial charge in [0, 0.05) is 28.1 Å². The van der Waals surface area contributed by atoms with Crippen molar-refractivity contribution in [3.63, 3.8) is 0 Å². The van der Waals surface area contributed by atoms with E-state index in [0.29, 0.717) is 32.7 Å². The molecule has 3 aromatic carbocycles. The number of carboxylic acid groups (broad SMARTS) is 1. The molecule has 4 aromatic rings. The molecule has 1 aliphatic heterocycles. The van der Waals surface area contributed by atoms with E-state index in [4.69, 9.17) is 11.6 Å². The topological polar surface area (TPSA) is 96.7 Å². The molecule has 0 saturated heterocycles. The number of nitrogens with zero attached hydrogens (tertiary/aromatic N) is 2. The van der Waals surface area contributed by atoms with Crippen molar-refractivity contribution in [1.29, 1.82) is 0 Å². The fourth-order valence-corrected chi connectivity index (χ4v) is 4.83. The maximum Gasteiger partial charge on any atom is 0.327 e. The number of benzene rings is 3. The predicted octanol–water partition coefficient (Wildman–Crippen LogP) is 4.58. The fourth-order valence-electron chi connectivity index (χ4n) is 4.66. The van der Waals surface area contributed by atoms with Gasteiger partial charge in [-0.2, -0.15) is 0 Å². The summed E-state index contributed by atoms with van der Waals surface area (Å²) in [6.07, 6.45) is -0.182. The Labute approximate surface area is 205 Å². The van der Waals surface area contributed by atoms with Crippen LogP contribution in [0.4, 0.5) is 0 Å². The Kier molecular flexibility index (Phi) is 5.49. The van der Waals surface area contributed by atoms with Gasteiger partial charge in [0.1, 0.15) is 6.04 Å². The lowest BCUT2D eigenvalue weighted by Crippen LogP contribution is -2.46. The number of fused-ring (bicyclic) bond motifs is 2. The number of carboxylic acids is 1. The van der Waals surface area contributed by atoms with Crippen molar-refractivity contribution in [1.82, 2.24) is 9.47 Å². The van der Waals surface area contributed by atoms with Crippen LogP contribution in [0.25, 0.3) is 10.9 Å². The number of aliphatic carboxylic acids is 1. The van der Waals surface area contributed by atoms with Crippen molar-refractivity contribution >= 4 is 46.2 Å². The summed E-state index contributed by atoms with van der Waals surface area (Å²) < 4.78 is 1.51. The van der Waals surface area contributed by atoms with Crippen molar-refractivity contribution in [3.05, 3.63) is 106 Å². The lowest BCUT2D eigenvalue weighted by Gasteiger charge is -2.23. The lowest BCUT2D eigenvalue weighted by atomic mass is 10.0. The first-order chi connectivity index (χ1) is 16.8. The van der Waals surface area contributed by atoms with E-state index in [1.54, 1.807) is 61.5 Å². The van der Waals surface area contributed by atoms with Gasteiger partial charge in [0.15, 0.2) is 0 Å². The highest BCUT2D eigenvalue weighted by atomic mass is 35.5. The zero-order valence-electron chi connectivity index (χ0n) is 18.6. The third-order valence-corrected chi connectivity index (χ3v) is 6.58. The quantitative estimate of drug-likeness (QED) is 0.416. The Bertz CT molecular complexity index is 1510. The van der Waals surface area contributed by atoms with Crippen LogP contribution in [0, 0.1) is 6.92 Å². The second-order valence-corrected chi connectivity index (χ2v) is 8.75. The Balaban J connectivity index is 1.63. The molecule has 0 aliphatic carbocycles. The molecule has 2 heterocycles. The van der Waals surface area contributed by atoms with E-state index in [0.717, 1.165) is 4.90 Å². The molecule has 0 radical (unpaired) electrons. The zero-order chi connectivity index (χ0) is 24.9. The van der Waals surface area contributed by atoms with Crippen LogP contribution in [0.2, 0.25) is 5.02 Å². The molecule has 0 bridgehead atoms. The van der Waals surface area contributed by atoms with Gasteiger partial charge in [0.25, 0.3) is 17.7 Å². The Hall–Kier alpha value is -4.23. The van der Waals surface area contributed by atoms with Crippen LogP contribution < -0.4 is 0 Å². The SMILES string of the molecule is Cc1c(CC(C(=O)O)N2C(=O)c3ccccc3C2=O)c2cc(Cl)ccc2n1C(=O)c1ccccc1. The number of rotatable bonds is 5. The molecule has 7 nitrogen and oxygen atoms in total. The third-order valence-electron chi connectivity index (χ3n) is 6.34. The van der Waals surface area contributed by atoms with Gasteiger partial charge in [-0.1, -0.05) is 41.9 Å². The Morgan fingerprint density at radius 3 is 2.11 bits per heavy atom. The van der Waals surface area contributed by atoms with Crippen molar-refractivity contribution in [2.75, 3.05) is 0 Å². The highest BCUT2D eigenvalue weighted by Crippen LogP contribution is 2.33. The summed E-state index contributed by atoms with van der Waals surface area (Å²) in [5.41, 5.74) is 2.40. The van der Waals surface area contributed by atoms with E-state index >= 15 is 0 Å². The maximum atomic E-state index is 13.4. The first-order valence-corrected chi connectivity index (χ1v) is 11.3. The van der Waals surface area contributed by atoms with E-state index in [9.17, 15) is 24.3 Å². The summed E-state index contributed by atoms with van der Waals surface area (Å²) >= 11 is 6.25. The molecular weight excluding hydrogens is 468 g/mol. The van der Waals surface area contributed by atoms with E-state index < -0.39 is 23.8 Å². The smallest absolute Gasteiger partial charge is 0.327 e. The number of aromatic nitrogens is 1. The number of amides is 2. The van der Waals surface area contributed by atoms with Crippen LogP contribution in [0.3, 0.4) is 0 Å². The first-order valence-electron chi connectivity index (χ1n) is 10.9. The van der Waals surface area contributed by atoms with Crippen molar-refractivity contribution in [2.24, 2.45) is 0 Å². The molecule has 1 aliphatic rings. The number of imide groups is 1. The standard InChI is InChI=1S/C27H19ClN2O5/c1-15-20(14-23(27(34)35)30-25(32)18-9-5-6-10-19(18)26(30)33)21-13-17(28)11-12-22(21)29(15)24(31)16-7-3-2-4-8-16/h2-13,23H,14H2,1H3,(H,34,35). The summed E-state index contributed by atoms with van der Waals surface area (Å²) in [5.74, 6) is -2.92. The number of hydrogen-bond acceptors (Lipinski definition) is 4. The van der Waals surface area contributed by atoms with Gasteiger partial charge in [-0.05, 0) is 55.0 Å². The van der Waals surface area contributed by atoms with Gasteiger partial charge in [-0.25, -0.2) is 4.79 Å². The minimum absolute atomic E-state index is 0.171. The molecular formula is C27H19ClN2O5. The summed E-state index contributed by atoms with van der Waals surface area (Å²) in [4.78, 5) is 52.6. The third kappa shape index (κ3) is 3.61. The van der Waals surface area contributed by atoms with Crippen LogP contribution in [-0.4, -0.2) is 44.3 Å². The minimum Gasteiger partial charge on any atom is -0.480 e. The molecule has 1 atom stereocenters. The molecule has 1 unspecified atom stereocenters. The second kappa shape index (κ2) is 8.52. The molecule has 0 fully saturated rings. The Morgan fingerprint density at radius 2 is 1.51 bits per heavy atom. The Morgan fingerprint density at radius 1 is 0.914 bits per heavy atom. The lowest BCUT2D eigenvalue weighted by molar-refractivity contribution is -0.141. The fraction of sp³-hybridized carbons (Fsp3) is 0.111. The molecule has 2 amide bonds. The van der Waals surface area contributed by atoms with Crippen molar-refractivity contribution in [2.45, 2.75) is 19.4 Å². The predicted molar refractivity (Wildman–Crippen MR) is 130 cm³/mol. The summed E-state index contributed by atoms with van der Waals surface area (Å²) in [6, 6.07) is 18.5. The van der Waals surface area contributed by atoms with Crippen LogP contribution in [0.15, 0.2) is 72.8 Å². The zero-order valence-corrected chi connectivity index (χ0v) is 19.3. The first kappa shape index (κ1) is 22.6. The van der Waals surface area contributed by atoms with E-state index in [2.05, 4.69) is 0 Å². The molecule has 35 heavy (non-hydrogen) atoms. The highest BCUT2D eigenvalue weighted by molar-refractivity contribution is 6.31. The molecule has 1 N–H and O–H groups in total. The molecule has 174 valence electrons. The average molecular weight is 487 g/mol. The van der Waals surface area contributed by atoms with Gasteiger partial charge in [-0.3, -0.25) is 23.9 Å². The normalized spacial score (nSPS) is 13.8. The van der Waals surface area contributed by atoms with Crippen molar-refractivity contribution in [3.8, 4) is 0 Å². The summed E-state index contributed by atoms with van der Waals surface area (Å²) in [6.45, 7) is 1.71. The van der Waals surface area contributed by atoms with Gasteiger partial charge in [-0.15, -0.1) is 0 Å². The second-order valence-electron chi connectivity index (χ2n) is 8.32. The number of carbonyl (C=O) groups excluding carboxylic acids is 3. The molecule has 0 saturated carbocycles. The average Bonchev–Trinajstić information content (AvgIpc) is 3.27. The van der Waals surface area contributed by atoms with E-state index in [-0.39, 0.29) is 23.5 Å². The number of hydrogen-bond donors (Lipinski definition) is 1. The van der Waals surface area contributed by atoms with Gasteiger partial charge in [0.2, 0.25) is 0 Å². The maximum absolute atomic E-state index is 13.4. The van der Waals surface area contributed by atoms with Gasteiger partial charge < -0.3 is 5.11 Å². The summed E-state index contributed by atoms with van der Waals surface area (Å²) in [5, 5.41) is 11.1. The van der Waals surface area contributed by atoms with Crippen LogP contribution in [-0.2, 0) is 11.2 Å². The minimum atomic E-state index is -1.47. The van der Waals surface area contributed by atoms with E-state index in [1.807, 2.05) is 6.07 Å².